The summed E-state index contributed by atoms with van der Waals surface area (Å²) in [5.41, 5.74) is 2.64. The molecule has 1 heterocycles. The Balaban J connectivity index is 1.80. The van der Waals surface area contributed by atoms with Gasteiger partial charge in [-0.05, 0) is 41.5 Å². The lowest BCUT2D eigenvalue weighted by molar-refractivity contribution is -0.124. The van der Waals surface area contributed by atoms with E-state index in [1.165, 1.54) is 14.2 Å². The highest BCUT2D eigenvalue weighted by Crippen LogP contribution is 2.45. The van der Waals surface area contributed by atoms with Crippen LogP contribution < -0.4 is 24.3 Å². The number of benzene rings is 3. The fourth-order valence-corrected chi connectivity index (χ4v) is 4.69. The van der Waals surface area contributed by atoms with Crippen molar-refractivity contribution in [3.63, 3.8) is 0 Å². The van der Waals surface area contributed by atoms with E-state index >= 15 is 0 Å². The molecule has 1 N–H and O–H groups in total. The van der Waals surface area contributed by atoms with Crippen molar-refractivity contribution in [2.45, 2.75) is 18.5 Å². The number of hydrogen-bond donors (Lipinski definition) is 1. The van der Waals surface area contributed by atoms with Gasteiger partial charge in [0.1, 0.15) is 11.5 Å². The number of hydrogen-bond acceptors (Lipinski definition) is 6. The molecular weight excluding hydrogens is 460 g/mol. The summed E-state index contributed by atoms with van der Waals surface area (Å²) in [6.07, 6.45) is 0. The van der Waals surface area contributed by atoms with Gasteiger partial charge < -0.3 is 29.2 Å². The van der Waals surface area contributed by atoms with Crippen molar-refractivity contribution < 1.29 is 28.5 Å². The first kappa shape index (κ1) is 24.9. The van der Waals surface area contributed by atoms with Crippen molar-refractivity contribution in [2.24, 2.45) is 0 Å². The van der Waals surface area contributed by atoms with E-state index in [0.717, 1.165) is 11.1 Å². The zero-order valence-electron chi connectivity index (χ0n) is 21.0. The summed E-state index contributed by atoms with van der Waals surface area (Å²) in [6, 6.07) is 17.7. The second kappa shape index (κ2) is 10.6. The van der Waals surface area contributed by atoms with Gasteiger partial charge in [-0.25, -0.2) is 0 Å². The van der Waals surface area contributed by atoms with E-state index in [4.69, 9.17) is 18.9 Å². The Bertz CT molecular complexity index is 1260. The third-order valence-corrected chi connectivity index (χ3v) is 6.56. The zero-order chi connectivity index (χ0) is 25.8. The minimum Gasteiger partial charge on any atom is -0.497 e. The van der Waals surface area contributed by atoms with E-state index < -0.39 is 12.0 Å². The lowest BCUT2D eigenvalue weighted by Gasteiger charge is -2.40. The van der Waals surface area contributed by atoms with Crippen LogP contribution in [-0.4, -0.2) is 52.2 Å². The molecule has 3 aromatic rings. The number of nitrogens with one attached hydrogen (secondary N) is 1. The number of methoxy groups -OCH3 is 4. The normalized spacial score (nSPS) is 16.7. The van der Waals surface area contributed by atoms with E-state index in [1.807, 2.05) is 48.5 Å². The minimum atomic E-state index is -0.703. The monoisotopic (exact) mass is 490 g/mol. The molecule has 1 aliphatic heterocycles. The number of likely N-dealkylation sites (N-methyl/N-ethyl adjacent to an activating group) is 1. The number of amides is 2. The molecule has 0 saturated carbocycles. The van der Waals surface area contributed by atoms with Crippen LogP contribution in [-0.2, 0) is 11.3 Å². The van der Waals surface area contributed by atoms with Crippen LogP contribution in [0.15, 0.2) is 60.7 Å². The molecule has 188 valence electrons. The fraction of sp³-hybridized carbons (Fsp3) is 0.286. The van der Waals surface area contributed by atoms with E-state index in [2.05, 4.69) is 5.32 Å². The summed E-state index contributed by atoms with van der Waals surface area (Å²) in [7, 11) is 7.93. The molecule has 8 nitrogen and oxygen atoms in total. The molecule has 4 rings (SSSR count). The van der Waals surface area contributed by atoms with E-state index in [-0.39, 0.29) is 18.4 Å². The van der Waals surface area contributed by atoms with Crippen molar-refractivity contribution in [3.05, 3.63) is 82.9 Å². The summed E-state index contributed by atoms with van der Waals surface area (Å²) in [6.45, 7) is 0.273. The molecule has 36 heavy (non-hydrogen) atoms. The second-order valence-corrected chi connectivity index (χ2v) is 8.44. The Morgan fingerprint density at radius 2 is 1.50 bits per heavy atom. The molecule has 2 unspecified atom stereocenters. The summed E-state index contributed by atoms with van der Waals surface area (Å²) < 4.78 is 21.7. The Morgan fingerprint density at radius 1 is 0.861 bits per heavy atom. The summed E-state index contributed by atoms with van der Waals surface area (Å²) in [4.78, 5) is 28.9. The Morgan fingerprint density at radius 3 is 2.14 bits per heavy atom. The molecule has 0 aromatic heterocycles. The van der Waals surface area contributed by atoms with Crippen LogP contribution in [0.1, 0.15) is 39.0 Å². The number of ether oxygens (including phenoxy) is 4. The average Bonchev–Trinajstić information content (AvgIpc) is 2.92. The summed E-state index contributed by atoms with van der Waals surface area (Å²) in [5.74, 6) is 1.11. The van der Waals surface area contributed by atoms with Crippen molar-refractivity contribution in [2.75, 3.05) is 35.5 Å². The molecule has 0 saturated heterocycles. The molecular formula is C28H30N2O6. The van der Waals surface area contributed by atoms with E-state index in [9.17, 15) is 9.59 Å². The molecule has 8 heteroatoms. The van der Waals surface area contributed by atoms with Gasteiger partial charge in [0.15, 0.2) is 11.5 Å². The molecule has 1 aliphatic rings. The highest BCUT2D eigenvalue weighted by Gasteiger charge is 2.43. The lowest BCUT2D eigenvalue weighted by Crippen LogP contribution is -2.45. The largest absolute Gasteiger partial charge is 0.497 e. The second-order valence-electron chi connectivity index (χ2n) is 8.44. The quantitative estimate of drug-likeness (QED) is 0.515. The van der Waals surface area contributed by atoms with Gasteiger partial charge in [-0.2, -0.15) is 0 Å². The van der Waals surface area contributed by atoms with Crippen LogP contribution in [0.25, 0.3) is 0 Å². The van der Waals surface area contributed by atoms with Crippen LogP contribution in [0.3, 0.4) is 0 Å². The topological polar surface area (TPSA) is 86.3 Å². The number of carbonyl (C=O) groups excluding carboxylic acids is 2. The van der Waals surface area contributed by atoms with E-state index in [0.29, 0.717) is 34.1 Å². The molecule has 0 radical (unpaired) electrons. The first-order valence-corrected chi connectivity index (χ1v) is 11.5. The smallest absolute Gasteiger partial charge is 0.254 e. The third kappa shape index (κ3) is 4.54. The molecule has 3 aromatic carbocycles. The maximum absolute atomic E-state index is 13.9. The van der Waals surface area contributed by atoms with Gasteiger partial charge in [0, 0.05) is 24.7 Å². The summed E-state index contributed by atoms with van der Waals surface area (Å²) >= 11 is 0. The zero-order valence-corrected chi connectivity index (χ0v) is 21.0. The van der Waals surface area contributed by atoms with Gasteiger partial charge in [-0.15, -0.1) is 0 Å². The SMILES string of the molecule is COc1ccc(C2C(C(=O)NCc3ccccc3OC)c3cc(OC)c(OC)cc3C(=O)N2C)cc1. The average molecular weight is 491 g/mol. The molecule has 0 aliphatic carbocycles. The van der Waals surface area contributed by atoms with Crippen LogP contribution in [0.2, 0.25) is 0 Å². The highest BCUT2D eigenvalue weighted by molar-refractivity contribution is 6.02. The highest BCUT2D eigenvalue weighted by atomic mass is 16.5. The third-order valence-electron chi connectivity index (χ3n) is 6.56. The Hall–Kier alpha value is -4.20. The van der Waals surface area contributed by atoms with Gasteiger partial charge in [0.25, 0.3) is 5.91 Å². The molecule has 0 fully saturated rings. The van der Waals surface area contributed by atoms with Gasteiger partial charge in [-0.1, -0.05) is 30.3 Å². The van der Waals surface area contributed by atoms with Crippen molar-refractivity contribution in [1.29, 1.82) is 0 Å². The minimum absolute atomic E-state index is 0.208. The van der Waals surface area contributed by atoms with Gasteiger partial charge >= 0.3 is 0 Å². The lowest BCUT2D eigenvalue weighted by atomic mass is 9.79. The molecule has 0 spiro atoms. The van der Waals surface area contributed by atoms with Crippen LogP contribution in [0.5, 0.6) is 23.0 Å². The predicted molar refractivity (Wildman–Crippen MR) is 135 cm³/mol. The van der Waals surface area contributed by atoms with Crippen LogP contribution in [0.4, 0.5) is 0 Å². The first-order valence-electron chi connectivity index (χ1n) is 11.5. The first-order chi connectivity index (χ1) is 17.4. The fourth-order valence-electron chi connectivity index (χ4n) is 4.69. The Labute approximate surface area is 210 Å². The van der Waals surface area contributed by atoms with Crippen LogP contribution in [0, 0.1) is 0 Å². The summed E-state index contributed by atoms with van der Waals surface area (Å²) in [5, 5.41) is 3.05. The standard InChI is InChI=1S/C28H30N2O6/c1-30-26(17-10-12-19(33-2)13-11-17)25(27(31)29-16-18-8-6-7-9-22(18)34-3)20-14-23(35-4)24(36-5)15-21(20)28(30)32/h6-15,25-26H,16H2,1-5H3,(H,29,31). The van der Waals surface area contributed by atoms with Gasteiger partial charge in [0.2, 0.25) is 5.91 Å². The number of nitrogens with zero attached hydrogens (tertiary/aromatic N) is 1. The maximum atomic E-state index is 13.9. The molecule has 0 bridgehead atoms. The van der Waals surface area contributed by atoms with Crippen LogP contribution >= 0.6 is 0 Å². The number of para-hydroxylation sites is 1. The van der Waals surface area contributed by atoms with Gasteiger partial charge in [-0.3, -0.25) is 9.59 Å². The number of carbonyl (C=O) groups is 2. The molecule has 2 atom stereocenters. The Kier molecular flexibility index (Phi) is 7.33. The van der Waals surface area contributed by atoms with Crippen molar-refractivity contribution >= 4 is 11.8 Å². The van der Waals surface area contributed by atoms with Crippen molar-refractivity contribution in [3.8, 4) is 23.0 Å². The number of fused-ring (bicyclic) bond motifs is 1. The molecule has 2 amide bonds. The maximum Gasteiger partial charge on any atom is 0.254 e. The van der Waals surface area contributed by atoms with E-state index in [1.54, 1.807) is 38.3 Å². The van der Waals surface area contributed by atoms with Crippen molar-refractivity contribution in [1.82, 2.24) is 10.2 Å². The predicted octanol–water partition coefficient (Wildman–Crippen LogP) is 3.95. The number of rotatable bonds is 8. The van der Waals surface area contributed by atoms with Gasteiger partial charge in [0.05, 0.1) is 40.4 Å².